The molecular weight excluding hydrogens is 449 g/mol. The number of para-hydroxylation sites is 1. The summed E-state index contributed by atoms with van der Waals surface area (Å²) >= 11 is 0. The summed E-state index contributed by atoms with van der Waals surface area (Å²) < 4.78 is 43.9. The zero-order valence-corrected chi connectivity index (χ0v) is 20.1. The average molecular weight is 476 g/mol. The number of benzene rings is 4. The Morgan fingerprint density at radius 2 is 1.39 bits per heavy atom. The number of hydrogen-bond donors (Lipinski definition) is 0. The van der Waals surface area contributed by atoms with Crippen LogP contribution < -0.4 is 0 Å². The van der Waals surface area contributed by atoms with E-state index < -0.39 is 11.8 Å². The van der Waals surface area contributed by atoms with Gasteiger partial charge in [-0.3, -0.25) is 4.98 Å². The number of halogens is 1. The molecule has 0 saturated heterocycles. The lowest BCUT2D eigenvalue weighted by atomic mass is 9.88. The number of hydrogen-bond acceptors (Lipinski definition) is 3. The van der Waals surface area contributed by atoms with E-state index in [1.807, 2.05) is 69.3 Å². The summed E-state index contributed by atoms with van der Waals surface area (Å²) in [4.78, 5) is 4.59. The highest BCUT2D eigenvalue weighted by Crippen LogP contribution is 2.41. The van der Waals surface area contributed by atoms with Gasteiger partial charge in [0.05, 0.1) is 5.69 Å². The fourth-order valence-corrected chi connectivity index (χ4v) is 5.16. The molecule has 0 fully saturated rings. The minimum atomic E-state index is -1.54. The topological polar surface area (TPSA) is 39.2 Å². The van der Waals surface area contributed by atoms with Crippen molar-refractivity contribution in [1.29, 1.82) is 0 Å². The van der Waals surface area contributed by atoms with Crippen molar-refractivity contribution in [2.75, 3.05) is 0 Å². The van der Waals surface area contributed by atoms with Crippen molar-refractivity contribution in [1.82, 2.24) is 4.98 Å². The quantitative estimate of drug-likeness (QED) is 0.250. The fraction of sp³-hybridized carbons (Fsp3) is 0.156. The molecule has 3 nitrogen and oxygen atoms in total. The van der Waals surface area contributed by atoms with Crippen molar-refractivity contribution in [3.05, 3.63) is 90.4 Å². The van der Waals surface area contributed by atoms with Gasteiger partial charge in [0.25, 0.3) is 0 Å². The van der Waals surface area contributed by atoms with Crippen molar-refractivity contribution < 1.29 is 16.0 Å². The number of furan rings is 2. The Balaban J connectivity index is 1.47. The lowest BCUT2D eigenvalue weighted by Crippen LogP contribution is -2.09. The Labute approximate surface area is 210 Å². The minimum absolute atomic E-state index is 0.332. The Hall–Kier alpha value is -4.18. The highest BCUT2D eigenvalue weighted by Gasteiger charge is 2.19. The highest BCUT2D eigenvalue weighted by atomic mass is 19.1. The molecule has 0 atom stereocenters. The molecule has 7 aromatic rings. The van der Waals surface area contributed by atoms with Gasteiger partial charge in [-0.2, -0.15) is 0 Å². The van der Waals surface area contributed by atoms with Crippen molar-refractivity contribution >= 4 is 54.6 Å². The molecule has 0 amide bonds. The Morgan fingerprint density at radius 1 is 0.750 bits per heavy atom. The van der Waals surface area contributed by atoms with Gasteiger partial charge >= 0.3 is 0 Å². The summed E-state index contributed by atoms with van der Waals surface area (Å²) in [6.07, 6.45) is 0.121. The first-order chi connectivity index (χ1) is 18.1. The van der Waals surface area contributed by atoms with Crippen LogP contribution in [0.4, 0.5) is 4.39 Å². The third kappa shape index (κ3) is 3.21. The molecule has 0 aliphatic rings. The van der Waals surface area contributed by atoms with E-state index in [1.54, 1.807) is 18.3 Å². The van der Waals surface area contributed by atoms with Crippen molar-refractivity contribution in [3.8, 4) is 11.3 Å². The van der Waals surface area contributed by atoms with Crippen molar-refractivity contribution in [2.45, 2.75) is 27.1 Å². The third-order valence-corrected chi connectivity index (χ3v) is 6.61. The first kappa shape index (κ1) is 19.1. The molecule has 4 heteroatoms. The van der Waals surface area contributed by atoms with Crippen LogP contribution in [-0.4, -0.2) is 4.98 Å². The second kappa shape index (κ2) is 7.41. The molecule has 176 valence electrons. The molecule has 0 aliphatic heterocycles. The van der Waals surface area contributed by atoms with Crippen LogP contribution in [0.2, 0.25) is 0 Å². The molecule has 0 N–H and O–H groups in total. The second-order valence-electron chi connectivity index (χ2n) is 10.3. The van der Waals surface area contributed by atoms with Crippen LogP contribution in [0, 0.1) is 11.2 Å². The van der Waals surface area contributed by atoms with Crippen LogP contribution in [0.5, 0.6) is 0 Å². The number of rotatable bonds is 2. The van der Waals surface area contributed by atoms with Gasteiger partial charge in [-0.05, 0) is 71.9 Å². The first-order valence-corrected chi connectivity index (χ1v) is 12.0. The van der Waals surface area contributed by atoms with Crippen molar-refractivity contribution in [2.24, 2.45) is 5.41 Å². The van der Waals surface area contributed by atoms with Crippen LogP contribution >= 0.6 is 0 Å². The summed E-state index contributed by atoms with van der Waals surface area (Å²) in [7, 11) is 0. The van der Waals surface area contributed by atoms with Crippen molar-refractivity contribution in [3.63, 3.8) is 0 Å². The van der Waals surface area contributed by atoms with Gasteiger partial charge in [-0.25, -0.2) is 4.39 Å². The summed E-state index contributed by atoms with van der Waals surface area (Å²) in [5.41, 5.74) is 4.11. The highest BCUT2D eigenvalue weighted by molar-refractivity contribution is 6.23. The van der Waals surface area contributed by atoms with E-state index >= 15 is 0 Å². The molecule has 36 heavy (non-hydrogen) atoms. The molecule has 0 aliphatic carbocycles. The second-order valence-corrected chi connectivity index (χ2v) is 10.3. The summed E-state index contributed by atoms with van der Waals surface area (Å²) in [6, 6.07) is 22.2. The van der Waals surface area contributed by atoms with E-state index in [0.717, 1.165) is 43.5 Å². The van der Waals surface area contributed by atoms with Crippen LogP contribution in [0.3, 0.4) is 0 Å². The van der Waals surface area contributed by atoms with Crippen LogP contribution in [0.15, 0.2) is 87.8 Å². The van der Waals surface area contributed by atoms with E-state index in [2.05, 4.69) is 4.98 Å². The van der Waals surface area contributed by atoms with E-state index in [-0.39, 0.29) is 5.82 Å². The van der Waals surface area contributed by atoms with E-state index in [9.17, 15) is 4.39 Å². The molecule has 3 heterocycles. The van der Waals surface area contributed by atoms with Gasteiger partial charge in [0.1, 0.15) is 28.1 Å². The summed E-state index contributed by atoms with van der Waals surface area (Å²) in [5, 5.41) is 5.52. The largest absolute Gasteiger partial charge is 0.455 e. The number of aromatic nitrogens is 1. The molecule has 0 spiro atoms. The van der Waals surface area contributed by atoms with Gasteiger partial charge in [0.15, 0.2) is 0 Å². The predicted molar refractivity (Wildman–Crippen MR) is 145 cm³/mol. The normalized spacial score (nSPS) is 13.8. The summed E-state index contributed by atoms with van der Waals surface area (Å²) in [6.45, 7) is 5.69. The van der Waals surface area contributed by atoms with E-state index in [0.29, 0.717) is 28.0 Å². The van der Waals surface area contributed by atoms with Crippen LogP contribution in [0.25, 0.3) is 65.9 Å². The maximum Gasteiger partial charge on any atom is 0.144 e. The molecule has 7 rings (SSSR count). The first-order valence-electron chi connectivity index (χ1n) is 13.0. The predicted octanol–water partition coefficient (Wildman–Crippen LogP) is 9.43. The van der Waals surface area contributed by atoms with E-state index in [1.165, 1.54) is 12.1 Å². The van der Waals surface area contributed by atoms with Gasteiger partial charge in [-0.15, -0.1) is 0 Å². The molecule has 0 radical (unpaired) electrons. The van der Waals surface area contributed by atoms with Gasteiger partial charge in [0, 0.05) is 52.9 Å². The monoisotopic (exact) mass is 475 g/mol. The Kier molecular flexibility index (Phi) is 3.92. The average Bonchev–Trinajstić information content (AvgIpc) is 3.46. The zero-order valence-electron chi connectivity index (χ0n) is 22.1. The number of fused-ring (bicyclic) bond motifs is 9. The van der Waals surface area contributed by atoms with Gasteiger partial charge < -0.3 is 8.83 Å². The fourth-order valence-electron chi connectivity index (χ4n) is 5.16. The third-order valence-electron chi connectivity index (χ3n) is 6.61. The molecule has 0 bridgehead atoms. The van der Waals surface area contributed by atoms with E-state index in [4.69, 9.17) is 11.6 Å². The van der Waals surface area contributed by atoms with Crippen LogP contribution in [-0.2, 0) is 6.37 Å². The SMILES string of the molecule is [2H]C([2H])(c1ccnc(-c2cccc3c2oc2c3ccc3c2ccc2c4ccc(F)cc4oc23)c1)C(C)(C)C. The van der Waals surface area contributed by atoms with Crippen LogP contribution in [0.1, 0.15) is 29.1 Å². The maximum absolute atomic E-state index is 13.8. The maximum atomic E-state index is 13.8. The number of nitrogens with zero attached hydrogens (tertiary/aromatic N) is 1. The minimum Gasteiger partial charge on any atom is -0.455 e. The molecule has 0 unspecified atom stereocenters. The smallest absolute Gasteiger partial charge is 0.144 e. The molecule has 4 aromatic carbocycles. The summed E-state index contributed by atoms with van der Waals surface area (Å²) in [5.74, 6) is -0.332. The molecule has 3 aromatic heterocycles. The van der Waals surface area contributed by atoms with Gasteiger partial charge in [-0.1, -0.05) is 32.9 Å². The Morgan fingerprint density at radius 3 is 2.11 bits per heavy atom. The lowest BCUT2D eigenvalue weighted by Gasteiger charge is -2.18. The Bertz CT molecular complexity index is 2060. The standard InChI is InChI=1S/C32H24FNO2/c1-32(2,3)17-18-13-14-34-27(15-18)26-6-4-5-21-23-11-12-24-25(30(23)36-31(21)26)10-9-22-20-8-7-19(33)16-28(20)35-29(22)24/h4-16H,17H2,1-3H3/i17D2. The lowest BCUT2D eigenvalue weighted by molar-refractivity contribution is 0.411. The van der Waals surface area contributed by atoms with Gasteiger partial charge in [0.2, 0.25) is 0 Å². The molecular formula is C32H24FNO2. The zero-order chi connectivity index (χ0) is 26.4. The number of pyridine rings is 1. The molecule has 0 saturated carbocycles.